The zero-order valence-corrected chi connectivity index (χ0v) is 13.1. The molecule has 3 nitrogen and oxygen atoms in total. The molecule has 0 aliphatic carbocycles. The van der Waals surface area contributed by atoms with Crippen LogP contribution in [0.25, 0.3) is 10.9 Å². The fourth-order valence-corrected chi connectivity index (χ4v) is 3.26. The minimum atomic E-state index is 1.06. The molecule has 19 heavy (non-hydrogen) atoms. The highest BCUT2D eigenvalue weighted by Crippen LogP contribution is 2.28. The van der Waals surface area contributed by atoms with Crippen molar-refractivity contribution in [1.29, 1.82) is 0 Å². The van der Waals surface area contributed by atoms with Gasteiger partial charge in [-0.15, -0.1) is 0 Å². The number of halogens is 1. The van der Waals surface area contributed by atoms with Gasteiger partial charge in [0.15, 0.2) is 0 Å². The van der Waals surface area contributed by atoms with Crippen molar-refractivity contribution < 1.29 is 0 Å². The van der Waals surface area contributed by atoms with E-state index in [0.717, 1.165) is 37.2 Å². The Morgan fingerprint density at radius 2 is 2.00 bits per heavy atom. The summed E-state index contributed by atoms with van der Waals surface area (Å²) in [4.78, 5) is 2.54. The van der Waals surface area contributed by atoms with E-state index < -0.39 is 0 Å². The van der Waals surface area contributed by atoms with Crippen LogP contribution in [0.5, 0.6) is 0 Å². The Labute approximate surface area is 122 Å². The number of nitrogens with zero attached hydrogens (tertiary/aromatic N) is 2. The maximum atomic E-state index is 3.57. The summed E-state index contributed by atoms with van der Waals surface area (Å²) < 4.78 is 3.45. The van der Waals surface area contributed by atoms with Crippen LogP contribution >= 0.6 is 15.9 Å². The van der Waals surface area contributed by atoms with Gasteiger partial charge in [0.05, 0.1) is 0 Å². The zero-order chi connectivity index (χ0) is 13.4. The lowest BCUT2D eigenvalue weighted by Crippen LogP contribution is -2.42. The number of fused-ring (bicyclic) bond motifs is 1. The van der Waals surface area contributed by atoms with Gasteiger partial charge in [-0.2, -0.15) is 0 Å². The molecule has 1 aliphatic rings. The van der Waals surface area contributed by atoms with Crippen LogP contribution in [0.15, 0.2) is 22.7 Å². The average molecular weight is 322 g/mol. The summed E-state index contributed by atoms with van der Waals surface area (Å²) >= 11 is 3.57. The Morgan fingerprint density at radius 1 is 1.26 bits per heavy atom. The summed E-state index contributed by atoms with van der Waals surface area (Å²) in [5, 5.41) is 4.80. The van der Waals surface area contributed by atoms with E-state index in [9.17, 15) is 0 Å². The molecule has 2 heterocycles. The molecule has 3 rings (SSSR count). The first-order valence-corrected chi connectivity index (χ1v) is 7.62. The van der Waals surface area contributed by atoms with Crippen LogP contribution in [0.1, 0.15) is 11.3 Å². The lowest BCUT2D eigenvalue weighted by atomic mass is 10.1. The molecular formula is C15H20BrN3. The van der Waals surface area contributed by atoms with Crippen molar-refractivity contribution in [2.45, 2.75) is 13.5 Å². The minimum absolute atomic E-state index is 1.06. The average Bonchev–Trinajstić information content (AvgIpc) is 2.65. The molecule has 0 spiro atoms. The topological polar surface area (TPSA) is 20.2 Å². The number of piperazine rings is 1. The molecule has 1 aromatic carbocycles. The highest BCUT2D eigenvalue weighted by atomic mass is 79.9. The summed E-state index contributed by atoms with van der Waals surface area (Å²) in [6.07, 6.45) is 0. The molecule has 2 aromatic rings. The molecule has 1 aliphatic heterocycles. The largest absolute Gasteiger partial charge is 0.348 e. The summed E-state index contributed by atoms with van der Waals surface area (Å²) in [6, 6.07) is 6.59. The van der Waals surface area contributed by atoms with Crippen LogP contribution in [0, 0.1) is 6.92 Å². The third-order valence-corrected chi connectivity index (χ3v) is 4.67. The van der Waals surface area contributed by atoms with Crippen molar-refractivity contribution in [2.24, 2.45) is 7.05 Å². The Bertz CT molecular complexity index is 597. The molecule has 0 saturated carbocycles. The van der Waals surface area contributed by atoms with Gasteiger partial charge in [-0.25, -0.2) is 0 Å². The molecule has 4 heteroatoms. The number of aryl methyl sites for hydroxylation is 1. The van der Waals surface area contributed by atoms with Crippen LogP contribution < -0.4 is 5.32 Å². The van der Waals surface area contributed by atoms with Crippen LogP contribution in [0.2, 0.25) is 0 Å². The van der Waals surface area contributed by atoms with Gasteiger partial charge < -0.3 is 9.88 Å². The van der Waals surface area contributed by atoms with Gasteiger partial charge in [0.2, 0.25) is 0 Å². The molecular weight excluding hydrogens is 302 g/mol. The molecule has 1 saturated heterocycles. The van der Waals surface area contributed by atoms with E-state index in [1.807, 2.05) is 0 Å². The van der Waals surface area contributed by atoms with Crippen molar-refractivity contribution in [2.75, 3.05) is 26.2 Å². The maximum absolute atomic E-state index is 3.57. The van der Waals surface area contributed by atoms with E-state index in [1.54, 1.807) is 0 Å². The van der Waals surface area contributed by atoms with Crippen LogP contribution in [-0.2, 0) is 13.6 Å². The van der Waals surface area contributed by atoms with Crippen molar-refractivity contribution in [3.05, 3.63) is 33.9 Å². The van der Waals surface area contributed by atoms with Gasteiger partial charge in [0.1, 0.15) is 0 Å². The lowest BCUT2D eigenvalue weighted by molar-refractivity contribution is 0.233. The maximum Gasteiger partial charge on any atom is 0.0494 e. The quantitative estimate of drug-likeness (QED) is 0.917. The minimum Gasteiger partial charge on any atom is -0.348 e. The third-order valence-electron chi connectivity index (χ3n) is 4.18. The van der Waals surface area contributed by atoms with E-state index in [4.69, 9.17) is 0 Å². The molecule has 102 valence electrons. The molecule has 0 bridgehead atoms. The number of hydrogen-bond donors (Lipinski definition) is 1. The van der Waals surface area contributed by atoms with Crippen molar-refractivity contribution in [1.82, 2.24) is 14.8 Å². The number of nitrogens with one attached hydrogen (secondary N) is 1. The molecule has 1 N–H and O–H groups in total. The first-order chi connectivity index (χ1) is 9.16. The highest BCUT2D eigenvalue weighted by molar-refractivity contribution is 9.10. The molecule has 1 fully saturated rings. The second-order valence-corrected chi connectivity index (χ2v) is 6.23. The van der Waals surface area contributed by atoms with E-state index in [2.05, 4.69) is 62.9 Å². The summed E-state index contributed by atoms with van der Waals surface area (Å²) in [6.45, 7) is 7.79. The number of aromatic nitrogens is 1. The predicted molar refractivity (Wildman–Crippen MR) is 83.5 cm³/mol. The standard InChI is InChI=1S/C15H20BrN3/c1-11-14(10-19-7-5-17-6-8-19)13-4-3-12(16)9-15(13)18(11)2/h3-4,9,17H,5-8,10H2,1-2H3. The van der Waals surface area contributed by atoms with Crippen LogP contribution in [0.4, 0.5) is 0 Å². The normalized spacial score (nSPS) is 17.2. The van der Waals surface area contributed by atoms with Gasteiger partial charge in [0.25, 0.3) is 0 Å². The summed E-state index contributed by atoms with van der Waals surface area (Å²) in [5.41, 5.74) is 4.18. The Balaban J connectivity index is 2.00. The Morgan fingerprint density at radius 3 is 2.74 bits per heavy atom. The first kappa shape index (κ1) is 13.2. The van der Waals surface area contributed by atoms with Gasteiger partial charge in [-0.05, 0) is 24.6 Å². The van der Waals surface area contributed by atoms with Crippen molar-refractivity contribution >= 4 is 26.8 Å². The van der Waals surface area contributed by atoms with E-state index >= 15 is 0 Å². The smallest absolute Gasteiger partial charge is 0.0494 e. The summed E-state index contributed by atoms with van der Waals surface area (Å²) in [5.74, 6) is 0. The molecule has 0 atom stereocenters. The number of rotatable bonds is 2. The van der Waals surface area contributed by atoms with Gasteiger partial charge in [-0.3, -0.25) is 4.90 Å². The second-order valence-electron chi connectivity index (χ2n) is 5.31. The van der Waals surface area contributed by atoms with Crippen molar-refractivity contribution in [3.8, 4) is 0 Å². The van der Waals surface area contributed by atoms with E-state index in [-0.39, 0.29) is 0 Å². The van der Waals surface area contributed by atoms with E-state index in [1.165, 1.54) is 22.2 Å². The number of hydrogen-bond acceptors (Lipinski definition) is 2. The number of benzene rings is 1. The van der Waals surface area contributed by atoms with Crippen molar-refractivity contribution in [3.63, 3.8) is 0 Å². The Hall–Kier alpha value is -0.840. The fraction of sp³-hybridized carbons (Fsp3) is 0.467. The molecule has 0 radical (unpaired) electrons. The van der Waals surface area contributed by atoms with Crippen LogP contribution in [-0.4, -0.2) is 35.6 Å². The Kier molecular flexibility index (Phi) is 3.65. The molecule has 0 unspecified atom stereocenters. The van der Waals surface area contributed by atoms with Gasteiger partial charge in [0, 0.05) is 60.8 Å². The lowest BCUT2D eigenvalue weighted by Gasteiger charge is -2.27. The molecule has 1 aromatic heterocycles. The zero-order valence-electron chi connectivity index (χ0n) is 11.5. The predicted octanol–water partition coefficient (Wildman–Crippen LogP) is 2.65. The molecule has 0 amide bonds. The van der Waals surface area contributed by atoms with Gasteiger partial charge >= 0.3 is 0 Å². The van der Waals surface area contributed by atoms with E-state index in [0.29, 0.717) is 0 Å². The second kappa shape index (κ2) is 5.27. The SMILES string of the molecule is Cc1c(CN2CCNCC2)c2ccc(Br)cc2n1C. The summed E-state index contributed by atoms with van der Waals surface area (Å²) in [7, 11) is 2.16. The first-order valence-electron chi connectivity index (χ1n) is 6.83. The monoisotopic (exact) mass is 321 g/mol. The highest BCUT2D eigenvalue weighted by Gasteiger charge is 2.16. The third kappa shape index (κ3) is 2.45. The fourth-order valence-electron chi connectivity index (χ4n) is 2.91. The van der Waals surface area contributed by atoms with Crippen LogP contribution in [0.3, 0.4) is 0 Å². The van der Waals surface area contributed by atoms with Gasteiger partial charge in [-0.1, -0.05) is 22.0 Å².